The summed E-state index contributed by atoms with van der Waals surface area (Å²) in [4.78, 5) is 12.6. The maximum Gasteiger partial charge on any atom is 0.263 e. The highest BCUT2D eigenvalue weighted by Crippen LogP contribution is 2.59. The number of rotatable bonds is 6. The van der Waals surface area contributed by atoms with Gasteiger partial charge in [-0.2, -0.15) is 0 Å². The average molecular weight is 419 g/mol. The zero-order chi connectivity index (χ0) is 19.9. The Morgan fingerprint density at radius 1 is 1.25 bits per heavy atom. The number of carbonyl (C=O) groups excluding carboxylic acids is 1. The van der Waals surface area contributed by atoms with Crippen molar-refractivity contribution < 1.29 is 9.53 Å². The maximum atomic E-state index is 12.6. The molecule has 1 aliphatic carbocycles. The van der Waals surface area contributed by atoms with E-state index in [0.29, 0.717) is 11.6 Å². The number of aromatic nitrogens is 3. The molecule has 0 unspecified atom stereocenters. The lowest BCUT2D eigenvalue weighted by Gasteiger charge is -2.25. The summed E-state index contributed by atoms with van der Waals surface area (Å²) in [5.41, 5.74) is 0.749. The van der Waals surface area contributed by atoms with Crippen molar-refractivity contribution in [2.75, 3.05) is 0 Å². The first-order valence-corrected chi connectivity index (χ1v) is 9.76. The molecule has 4 rings (SSSR count). The summed E-state index contributed by atoms with van der Waals surface area (Å²) in [5.74, 6) is 1.16. The van der Waals surface area contributed by atoms with E-state index < -0.39 is 9.93 Å². The largest absolute Gasteiger partial charge is 0.478 e. The number of hydrogen-bond donors (Lipinski definition) is 1. The molecular formula is C20H20Cl2N4O2. The molecule has 1 N–H and O–H groups in total. The molecule has 3 aromatic rings. The Morgan fingerprint density at radius 2 is 1.96 bits per heavy atom. The second-order valence-corrected chi connectivity index (χ2v) is 8.97. The van der Waals surface area contributed by atoms with Crippen LogP contribution in [0.15, 0.2) is 48.7 Å². The van der Waals surface area contributed by atoms with Crippen molar-refractivity contribution in [1.82, 2.24) is 19.9 Å². The molecule has 28 heavy (non-hydrogen) atoms. The minimum absolute atomic E-state index is 0.152. The highest BCUT2D eigenvalue weighted by Gasteiger charge is 2.52. The molecule has 1 fully saturated rings. The van der Waals surface area contributed by atoms with Gasteiger partial charge in [0.1, 0.15) is 10.1 Å². The van der Waals surface area contributed by atoms with Crippen molar-refractivity contribution in [1.29, 1.82) is 0 Å². The molecule has 0 bridgehead atoms. The molecule has 1 atom stereocenters. The Kier molecular flexibility index (Phi) is 4.71. The van der Waals surface area contributed by atoms with Crippen molar-refractivity contribution in [3.8, 4) is 5.75 Å². The number of amides is 1. The lowest BCUT2D eigenvalue weighted by Crippen LogP contribution is -2.46. The van der Waals surface area contributed by atoms with Gasteiger partial charge in [-0.05, 0) is 50.1 Å². The number of pyridine rings is 1. The van der Waals surface area contributed by atoms with Crippen molar-refractivity contribution in [2.24, 2.45) is 0 Å². The van der Waals surface area contributed by atoms with Crippen LogP contribution in [0.3, 0.4) is 0 Å². The molecule has 0 aliphatic heterocycles. The van der Waals surface area contributed by atoms with Crippen LogP contribution in [-0.2, 0) is 11.3 Å². The molecular weight excluding hydrogens is 399 g/mol. The van der Waals surface area contributed by atoms with Crippen LogP contribution >= 0.6 is 23.2 Å². The number of nitrogens with one attached hydrogen (secondary N) is 1. The molecule has 1 aliphatic rings. The smallest absolute Gasteiger partial charge is 0.263 e. The molecule has 1 amide bonds. The Hall–Kier alpha value is -2.31. The minimum Gasteiger partial charge on any atom is -0.478 e. The number of halogens is 2. The quantitative estimate of drug-likeness (QED) is 0.616. The Morgan fingerprint density at radius 3 is 2.64 bits per heavy atom. The Labute approximate surface area is 172 Å². The Balaban J connectivity index is 1.38. The van der Waals surface area contributed by atoms with Crippen molar-refractivity contribution in [2.45, 2.75) is 42.7 Å². The summed E-state index contributed by atoms with van der Waals surface area (Å²) in [7, 11) is 0. The predicted octanol–water partition coefficient (Wildman–Crippen LogP) is 3.86. The first kappa shape index (κ1) is 19.0. The minimum atomic E-state index is -1.05. The van der Waals surface area contributed by atoms with Gasteiger partial charge in [0.2, 0.25) is 0 Å². The molecule has 0 saturated heterocycles. The molecule has 0 spiro atoms. The summed E-state index contributed by atoms with van der Waals surface area (Å²) in [5, 5.41) is 11.1. The molecule has 1 aromatic carbocycles. The first-order valence-electron chi connectivity index (χ1n) is 9.00. The van der Waals surface area contributed by atoms with Gasteiger partial charge in [-0.1, -0.05) is 18.2 Å². The van der Waals surface area contributed by atoms with E-state index >= 15 is 0 Å². The first-order chi connectivity index (χ1) is 13.3. The van der Waals surface area contributed by atoms with Crippen LogP contribution in [0.25, 0.3) is 5.65 Å². The molecule has 1 saturated carbocycles. The van der Waals surface area contributed by atoms with Gasteiger partial charge >= 0.3 is 0 Å². The van der Waals surface area contributed by atoms with Gasteiger partial charge in [-0.15, -0.1) is 33.4 Å². The van der Waals surface area contributed by atoms with E-state index in [0.717, 1.165) is 17.6 Å². The highest BCUT2D eigenvalue weighted by atomic mass is 35.5. The summed E-state index contributed by atoms with van der Waals surface area (Å²) in [6.45, 7) is 3.70. The monoisotopic (exact) mass is 418 g/mol. The second-order valence-electron chi connectivity index (χ2n) is 7.43. The van der Waals surface area contributed by atoms with Crippen LogP contribution < -0.4 is 10.1 Å². The van der Waals surface area contributed by atoms with E-state index in [1.165, 1.54) is 0 Å². The second kappa shape index (κ2) is 6.94. The van der Waals surface area contributed by atoms with Gasteiger partial charge in [0, 0.05) is 12.1 Å². The molecule has 6 nitrogen and oxygen atoms in total. The topological polar surface area (TPSA) is 68.5 Å². The number of nitrogens with zero attached hydrogens (tertiary/aromatic N) is 3. The van der Waals surface area contributed by atoms with Crippen LogP contribution in [0.2, 0.25) is 0 Å². The van der Waals surface area contributed by atoms with E-state index in [4.69, 9.17) is 27.9 Å². The summed E-state index contributed by atoms with van der Waals surface area (Å²) < 4.78 is 7.08. The van der Waals surface area contributed by atoms with Crippen LogP contribution in [0.4, 0.5) is 0 Å². The lowest BCUT2D eigenvalue weighted by molar-refractivity contribution is -0.134. The zero-order valence-corrected chi connectivity index (χ0v) is 17.0. The summed E-state index contributed by atoms with van der Waals surface area (Å²) >= 11 is 12.2. The van der Waals surface area contributed by atoms with E-state index in [-0.39, 0.29) is 18.4 Å². The third-order valence-electron chi connectivity index (χ3n) is 4.82. The van der Waals surface area contributed by atoms with Gasteiger partial charge in [-0.3, -0.25) is 9.20 Å². The molecule has 2 aromatic heterocycles. The van der Waals surface area contributed by atoms with E-state index in [1.807, 2.05) is 53.1 Å². The standard InChI is InChI=1S/C20H20Cl2N4O2/c1-19(2,28-14-8-6-13(7-9-14)15-11-20(15,21)22)18(27)23-12-17-25-24-16-5-3-4-10-26(16)17/h3-10,15H,11-12H2,1-2H3,(H,23,27)/t15-/m1/s1. The third-order valence-corrected chi connectivity index (χ3v) is 5.66. The number of hydrogen-bond acceptors (Lipinski definition) is 4. The highest BCUT2D eigenvalue weighted by molar-refractivity contribution is 6.51. The predicted molar refractivity (Wildman–Crippen MR) is 108 cm³/mol. The number of ether oxygens (including phenoxy) is 1. The SMILES string of the molecule is CC(C)(Oc1ccc([C@H]2CC2(Cl)Cl)cc1)C(=O)NCc1nnc2ccccn12. The zero-order valence-electron chi connectivity index (χ0n) is 15.5. The number of carbonyl (C=O) groups is 1. The van der Waals surface area contributed by atoms with Crippen LogP contribution in [0.5, 0.6) is 5.75 Å². The van der Waals surface area contributed by atoms with Crippen LogP contribution in [0, 0.1) is 0 Å². The van der Waals surface area contributed by atoms with Gasteiger partial charge in [0.05, 0.1) is 6.54 Å². The van der Waals surface area contributed by atoms with E-state index in [9.17, 15) is 4.79 Å². The van der Waals surface area contributed by atoms with Gasteiger partial charge in [-0.25, -0.2) is 0 Å². The fourth-order valence-corrected chi connectivity index (χ4v) is 3.63. The molecule has 8 heteroatoms. The van der Waals surface area contributed by atoms with Crippen molar-refractivity contribution >= 4 is 34.8 Å². The van der Waals surface area contributed by atoms with Gasteiger partial charge in [0.25, 0.3) is 5.91 Å². The maximum absolute atomic E-state index is 12.6. The molecule has 2 heterocycles. The number of fused-ring (bicyclic) bond motifs is 1. The molecule has 146 valence electrons. The Bertz CT molecular complexity index is 1010. The lowest BCUT2D eigenvalue weighted by atomic mass is 10.1. The van der Waals surface area contributed by atoms with Gasteiger partial charge < -0.3 is 10.1 Å². The van der Waals surface area contributed by atoms with Crippen LogP contribution in [0.1, 0.15) is 37.6 Å². The normalized spacial score (nSPS) is 18.1. The summed E-state index contributed by atoms with van der Waals surface area (Å²) in [6.07, 6.45) is 2.61. The van der Waals surface area contributed by atoms with Crippen molar-refractivity contribution in [3.63, 3.8) is 0 Å². The van der Waals surface area contributed by atoms with Gasteiger partial charge in [0.15, 0.2) is 17.1 Å². The number of benzene rings is 1. The van der Waals surface area contributed by atoms with E-state index in [2.05, 4.69) is 15.5 Å². The fraction of sp³-hybridized carbons (Fsp3) is 0.350. The fourth-order valence-electron chi connectivity index (χ4n) is 3.07. The van der Waals surface area contributed by atoms with Crippen molar-refractivity contribution in [3.05, 3.63) is 60.0 Å². The van der Waals surface area contributed by atoms with Crippen LogP contribution in [-0.4, -0.2) is 30.4 Å². The average Bonchev–Trinajstić information content (AvgIpc) is 3.11. The molecule has 0 radical (unpaired) electrons. The number of alkyl halides is 2. The third kappa shape index (κ3) is 3.80. The summed E-state index contributed by atoms with van der Waals surface area (Å²) in [6, 6.07) is 13.2. The van der Waals surface area contributed by atoms with E-state index in [1.54, 1.807) is 13.8 Å².